The van der Waals surface area contributed by atoms with E-state index in [0.29, 0.717) is 13.1 Å². The summed E-state index contributed by atoms with van der Waals surface area (Å²) in [7, 11) is 1.68. The van der Waals surface area contributed by atoms with Gasteiger partial charge in [0.05, 0.1) is 19.2 Å². The maximum atomic E-state index is 5.15. The van der Waals surface area contributed by atoms with Crippen LogP contribution in [0.4, 0.5) is 0 Å². The summed E-state index contributed by atoms with van der Waals surface area (Å²) >= 11 is 0. The van der Waals surface area contributed by atoms with Crippen LogP contribution in [0.1, 0.15) is 19.7 Å². The highest BCUT2D eigenvalue weighted by molar-refractivity contribution is 4.80. The molecule has 0 aliphatic carbocycles. The Bertz CT molecular complexity index is 262. The molecule has 0 radical (unpaired) electrons. The van der Waals surface area contributed by atoms with E-state index in [9.17, 15) is 0 Å². The van der Waals surface area contributed by atoms with Gasteiger partial charge in [-0.2, -0.15) is 0 Å². The maximum absolute atomic E-state index is 5.15. The van der Waals surface area contributed by atoms with Crippen molar-refractivity contribution in [1.29, 1.82) is 0 Å². The van der Waals surface area contributed by atoms with Crippen molar-refractivity contribution in [2.24, 2.45) is 0 Å². The van der Waals surface area contributed by atoms with Gasteiger partial charge in [-0.25, -0.2) is 4.68 Å². The lowest BCUT2D eigenvalue weighted by Crippen LogP contribution is -2.21. The molecule has 1 heterocycles. The highest BCUT2D eigenvalue weighted by Gasteiger charge is 2.08. The van der Waals surface area contributed by atoms with E-state index in [1.807, 2.05) is 13.8 Å². The zero-order valence-electron chi connectivity index (χ0n) is 8.90. The van der Waals surface area contributed by atoms with Crippen molar-refractivity contribution in [3.63, 3.8) is 0 Å². The average molecular weight is 199 g/mol. The highest BCUT2D eigenvalue weighted by Crippen LogP contribution is 1.96. The minimum Gasteiger partial charge on any atom is -0.380 e. The molecule has 1 rings (SSSR count). The van der Waals surface area contributed by atoms with Gasteiger partial charge in [-0.15, -0.1) is 5.10 Å². The molecule has 0 aromatic carbocycles. The van der Waals surface area contributed by atoms with E-state index >= 15 is 0 Å². The van der Waals surface area contributed by atoms with Gasteiger partial charge in [0.25, 0.3) is 0 Å². The van der Waals surface area contributed by atoms with Crippen LogP contribution in [-0.4, -0.2) is 40.0 Å². The number of rotatable bonds is 6. The second-order valence-corrected chi connectivity index (χ2v) is 3.10. The number of hydrogen-bond acceptors (Lipinski definition) is 5. The summed E-state index contributed by atoms with van der Waals surface area (Å²) in [5.41, 5.74) is 0. The number of methoxy groups -OCH3 is 1. The third-order valence-corrected chi connectivity index (χ3v) is 1.97. The first kappa shape index (κ1) is 11.1. The lowest BCUT2D eigenvalue weighted by Gasteiger charge is -2.10. The average Bonchev–Trinajstić information content (AvgIpc) is 2.62. The topological polar surface area (TPSA) is 64.9 Å². The van der Waals surface area contributed by atoms with Crippen molar-refractivity contribution in [1.82, 2.24) is 25.5 Å². The fraction of sp³-hybridized carbons (Fsp3) is 0.875. The van der Waals surface area contributed by atoms with Crippen LogP contribution in [0.25, 0.3) is 0 Å². The largest absolute Gasteiger partial charge is 0.380 e. The zero-order valence-corrected chi connectivity index (χ0v) is 8.90. The number of tetrazole rings is 1. The van der Waals surface area contributed by atoms with Gasteiger partial charge in [0, 0.05) is 7.11 Å². The van der Waals surface area contributed by atoms with E-state index in [1.54, 1.807) is 11.8 Å². The normalized spacial score (nSPS) is 13.1. The molecule has 0 saturated carbocycles. The van der Waals surface area contributed by atoms with E-state index in [2.05, 4.69) is 20.8 Å². The highest BCUT2D eigenvalue weighted by atomic mass is 16.5. The summed E-state index contributed by atoms with van der Waals surface area (Å²) in [6, 6.07) is 0. The minimum absolute atomic E-state index is 0.124. The SMILES string of the molecule is CCNCc1nnnn1CC(C)OC. The molecule has 6 nitrogen and oxygen atoms in total. The molecule has 6 heteroatoms. The molecule has 0 spiro atoms. The van der Waals surface area contributed by atoms with Crippen LogP contribution < -0.4 is 5.32 Å². The Balaban J connectivity index is 2.53. The predicted octanol–water partition coefficient (Wildman–Crippen LogP) is -0.182. The Labute approximate surface area is 83.6 Å². The van der Waals surface area contributed by atoms with Crippen molar-refractivity contribution in [2.75, 3.05) is 13.7 Å². The summed E-state index contributed by atoms with van der Waals surface area (Å²) in [6.07, 6.45) is 0.124. The number of ether oxygens (including phenoxy) is 1. The van der Waals surface area contributed by atoms with Gasteiger partial charge in [0.2, 0.25) is 0 Å². The van der Waals surface area contributed by atoms with Gasteiger partial charge < -0.3 is 10.1 Å². The number of nitrogens with one attached hydrogen (secondary N) is 1. The van der Waals surface area contributed by atoms with E-state index in [-0.39, 0.29) is 6.10 Å². The summed E-state index contributed by atoms with van der Waals surface area (Å²) in [5, 5.41) is 14.6. The molecule has 80 valence electrons. The van der Waals surface area contributed by atoms with E-state index in [4.69, 9.17) is 4.74 Å². The lowest BCUT2D eigenvalue weighted by atomic mass is 10.4. The molecule has 1 aromatic heterocycles. The lowest BCUT2D eigenvalue weighted by molar-refractivity contribution is 0.0982. The van der Waals surface area contributed by atoms with E-state index in [1.165, 1.54) is 0 Å². The van der Waals surface area contributed by atoms with E-state index < -0.39 is 0 Å². The van der Waals surface area contributed by atoms with Crippen LogP contribution in [-0.2, 0) is 17.8 Å². The van der Waals surface area contributed by atoms with Gasteiger partial charge in [-0.3, -0.25) is 0 Å². The van der Waals surface area contributed by atoms with Gasteiger partial charge in [-0.1, -0.05) is 6.92 Å². The molecule has 1 unspecified atom stereocenters. The quantitative estimate of drug-likeness (QED) is 0.688. The van der Waals surface area contributed by atoms with Crippen molar-refractivity contribution in [3.05, 3.63) is 5.82 Å². The van der Waals surface area contributed by atoms with Crippen LogP contribution in [0, 0.1) is 0 Å². The maximum Gasteiger partial charge on any atom is 0.165 e. The minimum atomic E-state index is 0.124. The van der Waals surface area contributed by atoms with Crippen molar-refractivity contribution < 1.29 is 4.74 Å². The van der Waals surface area contributed by atoms with Crippen molar-refractivity contribution >= 4 is 0 Å². The Morgan fingerprint density at radius 1 is 1.57 bits per heavy atom. The number of nitrogens with zero attached hydrogens (tertiary/aromatic N) is 4. The van der Waals surface area contributed by atoms with Gasteiger partial charge in [0.1, 0.15) is 0 Å². The molecule has 0 aliphatic heterocycles. The monoisotopic (exact) mass is 199 g/mol. The molecule has 0 bridgehead atoms. The second kappa shape index (κ2) is 5.66. The first-order valence-corrected chi connectivity index (χ1v) is 4.76. The smallest absolute Gasteiger partial charge is 0.165 e. The Kier molecular flexibility index (Phi) is 4.48. The fourth-order valence-electron chi connectivity index (χ4n) is 1.05. The second-order valence-electron chi connectivity index (χ2n) is 3.10. The summed E-state index contributed by atoms with van der Waals surface area (Å²) < 4.78 is 6.91. The molecular formula is C8H17N5O. The molecule has 0 amide bonds. The molecular weight excluding hydrogens is 182 g/mol. The first-order valence-electron chi connectivity index (χ1n) is 4.76. The Morgan fingerprint density at radius 3 is 3.00 bits per heavy atom. The third kappa shape index (κ3) is 3.04. The Morgan fingerprint density at radius 2 is 2.36 bits per heavy atom. The molecule has 0 saturated heterocycles. The van der Waals surface area contributed by atoms with Gasteiger partial charge in [0.15, 0.2) is 5.82 Å². The van der Waals surface area contributed by atoms with Crippen molar-refractivity contribution in [2.45, 2.75) is 33.0 Å². The van der Waals surface area contributed by atoms with Gasteiger partial charge >= 0.3 is 0 Å². The van der Waals surface area contributed by atoms with Crippen LogP contribution in [0.3, 0.4) is 0 Å². The van der Waals surface area contributed by atoms with Crippen LogP contribution >= 0.6 is 0 Å². The van der Waals surface area contributed by atoms with E-state index in [0.717, 1.165) is 12.4 Å². The molecule has 0 fully saturated rings. The molecule has 0 aliphatic rings. The molecule has 1 aromatic rings. The summed E-state index contributed by atoms with van der Waals surface area (Å²) in [6.45, 7) is 6.32. The summed E-state index contributed by atoms with van der Waals surface area (Å²) in [4.78, 5) is 0. The van der Waals surface area contributed by atoms with Crippen molar-refractivity contribution in [3.8, 4) is 0 Å². The van der Waals surface area contributed by atoms with Gasteiger partial charge in [-0.05, 0) is 23.9 Å². The standard InChI is InChI=1S/C8H17N5O/c1-4-9-5-8-10-11-12-13(8)6-7(2)14-3/h7,9H,4-6H2,1-3H3. The zero-order chi connectivity index (χ0) is 10.4. The number of hydrogen-bond donors (Lipinski definition) is 1. The third-order valence-electron chi connectivity index (χ3n) is 1.97. The van der Waals surface area contributed by atoms with Crippen LogP contribution in [0.5, 0.6) is 0 Å². The molecule has 14 heavy (non-hydrogen) atoms. The molecule has 1 atom stereocenters. The first-order chi connectivity index (χ1) is 6.77. The fourth-order valence-corrected chi connectivity index (χ4v) is 1.05. The van der Waals surface area contributed by atoms with Crippen LogP contribution in [0.2, 0.25) is 0 Å². The summed E-state index contributed by atoms with van der Waals surface area (Å²) in [5.74, 6) is 0.843. The van der Waals surface area contributed by atoms with Crippen LogP contribution in [0.15, 0.2) is 0 Å². The Hall–Kier alpha value is -1.01. The number of aromatic nitrogens is 4. The predicted molar refractivity (Wildman–Crippen MR) is 51.7 cm³/mol. The molecule has 1 N–H and O–H groups in total.